The van der Waals surface area contributed by atoms with Crippen LogP contribution in [-0.4, -0.2) is 49.7 Å². The number of hydrogen-bond acceptors (Lipinski definition) is 3. The van der Waals surface area contributed by atoms with E-state index in [-0.39, 0.29) is 11.3 Å². The van der Waals surface area contributed by atoms with Gasteiger partial charge in [0.2, 0.25) is 0 Å². The first kappa shape index (κ1) is 16.1. The van der Waals surface area contributed by atoms with Crippen LogP contribution in [0.2, 0.25) is 0 Å². The lowest BCUT2D eigenvalue weighted by Crippen LogP contribution is -2.37. The summed E-state index contributed by atoms with van der Waals surface area (Å²) in [5, 5.41) is 8.95. The molecule has 116 valence electrons. The second-order valence-electron chi connectivity index (χ2n) is 5.87. The SMILES string of the molecule is CN(C)c1ccc(C(Cl)CN2CCC(C(=O)O)CC2)cc1. The molecular formula is C16H23ClN2O2. The molecule has 5 heteroatoms. The number of alkyl halides is 1. The van der Waals surface area contributed by atoms with Crippen molar-refractivity contribution in [3.05, 3.63) is 29.8 Å². The van der Waals surface area contributed by atoms with Gasteiger partial charge in [0.05, 0.1) is 11.3 Å². The van der Waals surface area contributed by atoms with Gasteiger partial charge in [-0.3, -0.25) is 4.79 Å². The van der Waals surface area contributed by atoms with Crippen molar-refractivity contribution in [3.8, 4) is 0 Å². The number of likely N-dealkylation sites (tertiary alicyclic amines) is 1. The minimum Gasteiger partial charge on any atom is -0.481 e. The third-order valence-electron chi connectivity index (χ3n) is 4.13. The Morgan fingerprint density at radius 2 is 1.90 bits per heavy atom. The lowest BCUT2D eigenvalue weighted by Gasteiger charge is -2.31. The number of carbonyl (C=O) groups is 1. The van der Waals surface area contributed by atoms with Crippen LogP contribution in [0.5, 0.6) is 0 Å². The quantitative estimate of drug-likeness (QED) is 0.849. The van der Waals surface area contributed by atoms with Gasteiger partial charge in [0.15, 0.2) is 0 Å². The van der Waals surface area contributed by atoms with E-state index in [4.69, 9.17) is 16.7 Å². The zero-order valence-corrected chi connectivity index (χ0v) is 13.4. The first-order valence-electron chi connectivity index (χ1n) is 7.34. The van der Waals surface area contributed by atoms with Crippen LogP contribution < -0.4 is 4.90 Å². The van der Waals surface area contributed by atoms with Crippen LogP contribution in [0.4, 0.5) is 5.69 Å². The summed E-state index contributed by atoms with van der Waals surface area (Å²) in [5.74, 6) is -0.856. The van der Waals surface area contributed by atoms with Gasteiger partial charge in [0.1, 0.15) is 0 Å². The molecule has 1 N–H and O–H groups in total. The van der Waals surface area contributed by atoms with Gasteiger partial charge in [-0.2, -0.15) is 0 Å². The molecule has 1 aromatic rings. The zero-order chi connectivity index (χ0) is 15.4. The Bertz CT molecular complexity index is 468. The molecule has 0 spiro atoms. The minimum atomic E-state index is -0.670. The fourth-order valence-electron chi connectivity index (χ4n) is 2.68. The number of anilines is 1. The van der Waals surface area contributed by atoms with Gasteiger partial charge in [-0.05, 0) is 43.6 Å². The van der Waals surface area contributed by atoms with Crippen LogP contribution in [0.25, 0.3) is 0 Å². The topological polar surface area (TPSA) is 43.8 Å². The largest absolute Gasteiger partial charge is 0.481 e. The summed E-state index contributed by atoms with van der Waals surface area (Å²) in [7, 11) is 4.03. The molecule has 1 heterocycles. The van der Waals surface area contributed by atoms with Crippen LogP contribution in [0.15, 0.2) is 24.3 Å². The summed E-state index contributed by atoms with van der Waals surface area (Å²) in [4.78, 5) is 15.3. The van der Waals surface area contributed by atoms with Gasteiger partial charge in [-0.1, -0.05) is 12.1 Å². The van der Waals surface area contributed by atoms with E-state index in [1.165, 1.54) is 0 Å². The predicted molar refractivity (Wildman–Crippen MR) is 86.2 cm³/mol. The van der Waals surface area contributed by atoms with Crippen molar-refractivity contribution in [1.29, 1.82) is 0 Å². The van der Waals surface area contributed by atoms with Crippen molar-refractivity contribution in [2.75, 3.05) is 38.6 Å². The number of nitrogens with zero attached hydrogens (tertiary/aromatic N) is 2. The van der Waals surface area contributed by atoms with Crippen LogP contribution in [0.3, 0.4) is 0 Å². The molecule has 1 aliphatic heterocycles. The van der Waals surface area contributed by atoms with Gasteiger partial charge in [0.25, 0.3) is 0 Å². The number of hydrogen-bond donors (Lipinski definition) is 1. The molecule has 0 amide bonds. The van der Waals surface area contributed by atoms with Crippen LogP contribution >= 0.6 is 11.6 Å². The molecule has 0 aromatic heterocycles. The van der Waals surface area contributed by atoms with E-state index >= 15 is 0 Å². The van der Waals surface area contributed by atoms with E-state index in [0.717, 1.165) is 43.7 Å². The van der Waals surface area contributed by atoms with E-state index in [2.05, 4.69) is 34.1 Å². The highest BCUT2D eigenvalue weighted by Crippen LogP contribution is 2.26. The van der Waals surface area contributed by atoms with Gasteiger partial charge in [0, 0.05) is 26.3 Å². The number of carboxylic acids is 1. The van der Waals surface area contributed by atoms with Crippen molar-refractivity contribution in [1.82, 2.24) is 4.90 Å². The molecule has 1 fully saturated rings. The maximum Gasteiger partial charge on any atom is 0.306 e. The smallest absolute Gasteiger partial charge is 0.306 e. The summed E-state index contributed by atoms with van der Waals surface area (Å²) >= 11 is 6.50. The normalized spacial score (nSPS) is 18.4. The molecule has 1 aromatic carbocycles. The molecule has 4 nitrogen and oxygen atoms in total. The van der Waals surface area contributed by atoms with Crippen molar-refractivity contribution in [2.45, 2.75) is 18.2 Å². The van der Waals surface area contributed by atoms with Crippen LogP contribution in [-0.2, 0) is 4.79 Å². The fourth-order valence-corrected chi connectivity index (χ4v) is 3.02. The maximum atomic E-state index is 10.9. The lowest BCUT2D eigenvalue weighted by atomic mass is 9.97. The highest BCUT2D eigenvalue weighted by molar-refractivity contribution is 6.21. The van der Waals surface area contributed by atoms with E-state index in [9.17, 15) is 4.79 Å². The summed E-state index contributed by atoms with van der Waals surface area (Å²) < 4.78 is 0. The summed E-state index contributed by atoms with van der Waals surface area (Å²) in [5.41, 5.74) is 2.27. The second kappa shape index (κ2) is 7.14. The van der Waals surface area contributed by atoms with Gasteiger partial charge in [-0.25, -0.2) is 0 Å². The Kier molecular flexibility index (Phi) is 5.48. The van der Waals surface area contributed by atoms with Crippen molar-refractivity contribution in [2.24, 2.45) is 5.92 Å². The molecule has 1 unspecified atom stereocenters. The van der Waals surface area contributed by atoms with Crippen molar-refractivity contribution >= 4 is 23.3 Å². The molecule has 21 heavy (non-hydrogen) atoms. The predicted octanol–water partition coefficient (Wildman–Crippen LogP) is 2.83. The molecule has 0 aliphatic carbocycles. The van der Waals surface area contributed by atoms with Gasteiger partial charge in [-0.15, -0.1) is 11.6 Å². The number of carboxylic acid groups (broad SMARTS) is 1. The highest BCUT2D eigenvalue weighted by Gasteiger charge is 2.25. The molecular weight excluding hydrogens is 288 g/mol. The number of halogens is 1. The fraction of sp³-hybridized carbons (Fsp3) is 0.562. The highest BCUT2D eigenvalue weighted by atomic mass is 35.5. The van der Waals surface area contributed by atoms with E-state index in [1.807, 2.05) is 14.1 Å². The molecule has 2 rings (SSSR count). The summed E-state index contributed by atoms with van der Waals surface area (Å²) in [6, 6.07) is 8.27. The third-order valence-corrected chi connectivity index (χ3v) is 4.52. The number of aliphatic carboxylic acids is 1. The number of piperidine rings is 1. The average Bonchev–Trinajstić information content (AvgIpc) is 2.47. The van der Waals surface area contributed by atoms with Crippen LogP contribution in [0, 0.1) is 5.92 Å². The molecule has 0 bridgehead atoms. The summed E-state index contributed by atoms with van der Waals surface area (Å²) in [6.07, 6.45) is 1.44. The van der Waals surface area contributed by atoms with E-state index < -0.39 is 5.97 Å². The molecule has 1 saturated heterocycles. The Morgan fingerprint density at radius 1 is 1.33 bits per heavy atom. The van der Waals surface area contributed by atoms with Crippen LogP contribution in [0.1, 0.15) is 23.8 Å². The molecule has 0 saturated carbocycles. The maximum absolute atomic E-state index is 10.9. The Hall–Kier alpha value is -1.26. The Morgan fingerprint density at radius 3 is 2.38 bits per heavy atom. The number of benzene rings is 1. The van der Waals surface area contributed by atoms with E-state index in [0.29, 0.717) is 0 Å². The molecule has 0 radical (unpaired) electrons. The first-order chi connectivity index (χ1) is 9.97. The zero-order valence-electron chi connectivity index (χ0n) is 12.6. The minimum absolute atomic E-state index is 0.0532. The van der Waals surface area contributed by atoms with Gasteiger partial charge >= 0.3 is 5.97 Å². The summed E-state index contributed by atoms with van der Waals surface area (Å²) in [6.45, 7) is 2.40. The average molecular weight is 311 g/mol. The third kappa shape index (κ3) is 4.35. The Balaban J connectivity index is 1.87. The number of rotatable bonds is 5. The van der Waals surface area contributed by atoms with E-state index in [1.54, 1.807) is 0 Å². The molecule has 1 aliphatic rings. The Labute approximate surface area is 131 Å². The van der Waals surface area contributed by atoms with Crippen molar-refractivity contribution < 1.29 is 9.90 Å². The monoisotopic (exact) mass is 310 g/mol. The first-order valence-corrected chi connectivity index (χ1v) is 7.77. The standard InChI is InChI=1S/C16H23ClN2O2/c1-18(2)14-5-3-12(4-6-14)15(17)11-19-9-7-13(8-10-19)16(20)21/h3-6,13,15H,7-11H2,1-2H3,(H,20,21). The molecule has 1 atom stereocenters. The lowest BCUT2D eigenvalue weighted by molar-refractivity contribution is -0.143. The van der Waals surface area contributed by atoms with Crippen molar-refractivity contribution in [3.63, 3.8) is 0 Å². The van der Waals surface area contributed by atoms with Gasteiger partial charge < -0.3 is 14.9 Å². The second-order valence-corrected chi connectivity index (χ2v) is 6.39.